The standard InChI is InChI=1S/C26H26Br2N2S/c1-11-15(5)23(27)16(6)12(2)21(11)19-9-10-20(26-25(19)29-31-30-26)22-13(3)17(7)24(28)18(8)14(22)4/h9-10H,1-8H3. The van der Waals surface area contributed by atoms with Crippen molar-refractivity contribution < 1.29 is 0 Å². The predicted molar refractivity (Wildman–Crippen MR) is 142 cm³/mol. The Morgan fingerprint density at radius 2 is 0.806 bits per heavy atom. The molecule has 0 atom stereocenters. The normalized spacial score (nSPS) is 11.5. The van der Waals surface area contributed by atoms with Gasteiger partial charge in [0.05, 0.1) is 11.7 Å². The van der Waals surface area contributed by atoms with Crippen LogP contribution in [0.15, 0.2) is 21.1 Å². The molecule has 0 aliphatic heterocycles. The molecule has 0 saturated heterocycles. The quantitative estimate of drug-likeness (QED) is 0.245. The van der Waals surface area contributed by atoms with E-state index < -0.39 is 0 Å². The highest BCUT2D eigenvalue weighted by Gasteiger charge is 2.22. The van der Waals surface area contributed by atoms with Gasteiger partial charge in [-0.05, 0) is 111 Å². The van der Waals surface area contributed by atoms with Gasteiger partial charge < -0.3 is 0 Å². The van der Waals surface area contributed by atoms with Crippen molar-refractivity contribution in [2.75, 3.05) is 0 Å². The topological polar surface area (TPSA) is 25.8 Å². The predicted octanol–water partition coefficient (Wildman–Crippen LogP) is 9.02. The van der Waals surface area contributed by atoms with E-state index in [2.05, 4.69) is 99.4 Å². The molecule has 0 radical (unpaired) electrons. The van der Waals surface area contributed by atoms with Crippen molar-refractivity contribution in [1.82, 2.24) is 8.75 Å². The van der Waals surface area contributed by atoms with Crippen LogP contribution >= 0.6 is 43.6 Å². The zero-order chi connectivity index (χ0) is 22.8. The molecule has 0 amide bonds. The molecule has 0 bridgehead atoms. The molecular formula is C26H26Br2N2S. The van der Waals surface area contributed by atoms with E-state index in [1.54, 1.807) is 0 Å². The van der Waals surface area contributed by atoms with Crippen LogP contribution < -0.4 is 0 Å². The van der Waals surface area contributed by atoms with E-state index in [9.17, 15) is 0 Å². The van der Waals surface area contributed by atoms with E-state index in [0.29, 0.717) is 0 Å². The number of hydrogen-bond acceptors (Lipinski definition) is 3. The van der Waals surface area contributed by atoms with Gasteiger partial charge >= 0.3 is 0 Å². The fourth-order valence-electron chi connectivity index (χ4n) is 4.61. The summed E-state index contributed by atoms with van der Waals surface area (Å²) in [4.78, 5) is 0. The molecule has 1 aromatic heterocycles. The third-order valence-electron chi connectivity index (χ3n) is 7.02. The van der Waals surface area contributed by atoms with Crippen molar-refractivity contribution in [1.29, 1.82) is 0 Å². The minimum Gasteiger partial charge on any atom is -0.172 e. The fraction of sp³-hybridized carbons (Fsp3) is 0.308. The second-order valence-corrected chi connectivity index (χ2v) is 10.6. The molecule has 0 aliphatic carbocycles. The van der Waals surface area contributed by atoms with E-state index in [1.807, 2.05) is 0 Å². The van der Waals surface area contributed by atoms with Gasteiger partial charge in [0.15, 0.2) is 0 Å². The molecule has 0 saturated carbocycles. The van der Waals surface area contributed by atoms with Crippen molar-refractivity contribution in [3.8, 4) is 22.3 Å². The zero-order valence-corrected chi connectivity index (χ0v) is 23.2. The van der Waals surface area contributed by atoms with Crippen LogP contribution in [0.4, 0.5) is 0 Å². The molecule has 31 heavy (non-hydrogen) atoms. The number of aromatic nitrogens is 2. The maximum Gasteiger partial charge on any atom is 0.113 e. The van der Waals surface area contributed by atoms with Crippen molar-refractivity contribution >= 4 is 54.6 Å². The number of fused-ring (bicyclic) bond motifs is 1. The van der Waals surface area contributed by atoms with Crippen LogP contribution in [0.25, 0.3) is 33.3 Å². The van der Waals surface area contributed by atoms with Gasteiger partial charge in [-0.2, -0.15) is 8.75 Å². The lowest BCUT2D eigenvalue weighted by molar-refractivity contribution is 1.22. The highest BCUT2D eigenvalue weighted by molar-refractivity contribution is 9.10. The largest absolute Gasteiger partial charge is 0.172 e. The van der Waals surface area contributed by atoms with Crippen LogP contribution in [-0.2, 0) is 0 Å². The molecule has 0 unspecified atom stereocenters. The van der Waals surface area contributed by atoms with Crippen molar-refractivity contribution in [2.24, 2.45) is 0 Å². The van der Waals surface area contributed by atoms with Crippen molar-refractivity contribution in [3.63, 3.8) is 0 Å². The second-order valence-electron chi connectivity index (χ2n) is 8.50. The molecule has 0 aliphatic rings. The fourth-order valence-corrected chi connectivity index (χ4v) is 6.37. The second kappa shape index (κ2) is 8.09. The molecule has 160 valence electrons. The first-order valence-electron chi connectivity index (χ1n) is 10.4. The first kappa shape index (κ1) is 22.6. The van der Waals surface area contributed by atoms with Gasteiger partial charge in [0.25, 0.3) is 0 Å². The van der Waals surface area contributed by atoms with E-state index in [4.69, 9.17) is 8.75 Å². The summed E-state index contributed by atoms with van der Waals surface area (Å²) in [7, 11) is 0. The summed E-state index contributed by atoms with van der Waals surface area (Å²) in [6.07, 6.45) is 0. The summed E-state index contributed by atoms with van der Waals surface area (Å²) in [5, 5.41) is 0. The molecule has 5 heteroatoms. The lowest BCUT2D eigenvalue weighted by Gasteiger charge is -2.20. The molecule has 4 rings (SSSR count). The lowest BCUT2D eigenvalue weighted by Crippen LogP contribution is -2.00. The summed E-state index contributed by atoms with van der Waals surface area (Å²) >= 11 is 8.85. The molecule has 0 fully saturated rings. The average Bonchev–Trinajstić information content (AvgIpc) is 3.25. The first-order valence-corrected chi connectivity index (χ1v) is 12.7. The monoisotopic (exact) mass is 556 g/mol. The molecular weight excluding hydrogens is 532 g/mol. The Morgan fingerprint density at radius 3 is 1.10 bits per heavy atom. The highest BCUT2D eigenvalue weighted by atomic mass is 79.9. The van der Waals surface area contributed by atoms with Gasteiger partial charge in [-0.15, -0.1) is 0 Å². The maximum absolute atomic E-state index is 4.78. The van der Waals surface area contributed by atoms with E-state index in [-0.39, 0.29) is 0 Å². The van der Waals surface area contributed by atoms with Crippen LogP contribution in [0.3, 0.4) is 0 Å². The summed E-state index contributed by atoms with van der Waals surface area (Å²) in [6, 6.07) is 4.49. The van der Waals surface area contributed by atoms with Gasteiger partial charge in [0.2, 0.25) is 0 Å². The summed E-state index contributed by atoms with van der Waals surface area (Å²) in [6.45, 7) is 17.5. The molecule has 4 aromatic rings. The van der Waals surface area contributed by atoms with Crippen LogP contribution in [0.5, 0.6) is 0 Å². The Labute approximate surface area is 205 Å². The molecule has 1 heterocycles. The maximum atomic E-state index is 4.78. The van der Waals surface area contributed by atoms with Gasteiger partial charge in [-0.1, -0.05) is 44.0 Å². The first-order chi connectivity index (χ1) is 14.6. The zero-order valence-electron chi connectivity index (χ0n) is 19.2. The van der Waals surface area contributed by atoms with E-state index in [1.165, 1.54) is 87.4 Å². The van der Waals surface area contributed by atoms with Crippen LogP contribution in [0.1, 0.15) is 44.5 Å². The third kappa shape index (κ3) is 3.32. The number of benzene rings is 3. The Balaban J connectivity index is 2.08. The minimum absolute atomic E-state index is 0.992. The highest BCUT2D eigenvalue weighted by Crippen LogP contribution is 2.43. The average molecular weight is 558 g/mol. The Hall–Kier alpha value is -1.56. The number of rotatable bonds is 2. The molecule has 0 spiro atoms. The van der Waals surface area contributed by atoms with Crippen LogP contribution in [0.2, 0.25) is 0 Å². The third-order valence-corrected chi connectivity index (χ3v) is 9.93. The molecule has 3 aromatic carbocycles. The van der Waals surface area contributed by atoms with Gasteiger partial charge in [-0.25, -0.2) is 0 Å². The van der Waals surface area contributed by atoms with E-state index >= 15 is 0 Å². The van der Waals surface area contributed by atoms with E-state index in [0.717, 1.165) is 11.0 Å². The summed E-state index contributed by atoms with van der Waals surface area (Å²) in [5.41, 5.74) is 17.2. The molecule has 0 N–H and O–H groups in total. The minimum atomic E-state index is 0.992. The number of hydrogen-bond donors (Lipinski definition) is 0. The summed E-state index contributed by atoms with van der Waals surface area (Å²) < 4.78 is 11.9. The van der Waals surface area contributed by atoms with Gasteiger partial charge in [0, 0.05) is 20.1 Å². The Kier molecular flexibility index (Phi) is 5.91. The van der Waals surface area contributed by atoms with Crippen molar-refractivity contribution in [3.05, 3.63) is 65.6 Å². The Bertz CT molecular complexity index is 1220. The number of nitrogens with zero attached hydrogens (tertiary/aromatic N) is 2. The van der Waals surface area contributed by atoms with Gasteiger partial charge in [-0.3, -0.25) is 0 Å². The van der Waals surface area contributed by atoms with Gasteiger partial charge in [0.1, 0.15) is 11.0 Å². The molecule has 2 nitrogen and oxygen atoms in total. The van der Waals surface area contributed by atoms with Crippen LogP contribution in [0, 0.1) is 55.4 Å². The smallest absolute Gasteiger partial charge is 0.113 e. The lowest BCUT2D eigenvalue weighted by atomic mass is 9.86. The number of halogens is 2. The SMILES string of the molecule is Cc1c(C)c(-c2ccc(-c3c(C)c(C)c(Br)c(C)c3C)c3nsnc23)c(C)c(C)c1Br. The van der Waals surface area contributed by atoms with Crippen LogP contribution in [-0.4, -0.2) is 8.75 Å². The van der Waals surface area contributed by atoms with Crippen molar-refractivity contribution in [2.45, 2.75) is 55.4 Å². The summed E-state index contributed by atoms with van der Waals surface area (Å²) in [5.74, 6) is 0. The Morgan fingerprint density at radius 1 is 0.516 bits per heavy atom.